The van der Waals surface area contributed by atoms with Gasteiger partial charge in [0.2, 0.25) is 0 Å². The topological polar surface area (TPSA) is 75.6 Å². The maximum absolute atomic E-state index is 12.1. The largest absolute Gasteiger partial charge is 0.507 e. The molecule has 2 aromatic carbocycles. The molecule has 120 valence electrons. The minimum Gasteiger partial charge on any atom is -0.507 e. The van der Waals surface area contributed by atoms with Gasteiger partial charge in [-0.05, 0) is 56.2 Å². The predicted molar refractivity (Wildman–Crippen MR) is 87.5 cm³/mol. The molecule has 0 saturated carbocycles. The van der Waals surface area contributed by atoms with Gasteiger partial charge in [-0.15, -0.1) is 0 Å². The van der Waals surface area contributed by atoms with Crippen molar-refractivity contribution in [3.05, 3.63) is 59.2 Å². The molecule has 0 saturated heterocycles. The molecule has 5 nitrogen and oxygen atoms in total. The van der Waals surface area contributed by atoms with Crippen molar-refractivity contribution in [2.24, 2.45) is 0 Å². The zero-order chi connectivity index (χ0) is 17.0. The van der Waals surface area contributed by atoms with Crippen molar-refractivity contribution in [2.75, 3.05) is 5.32 Å². The van der Waals surface area contributed by atoms with Crippen LogP contribution in [0, 0.1) is 13.8 Å². The predicted octanol–water partition coefficient (Wildman–Crippen LogP) is 3.19. The van der Waals surface area contributed by atoms with Crippen LogP contribution < -0.4 is 5.32 Å². The summed E-state index contributed by atoms with van der Waals surface area (Å²) in [6.45, 7) is 5.19. The highest BCUT2D eigenvalue weighted by Crippen LogP contribution is 2.20. The van der Waals surface area contributed by atoms with Gasteiger partial charge in [0.1, 0.15) is 11.3 Å². The second-order valence-electron chi connectivity index (χ2n) is 5.43. The SMILES string of the molecule is Cc1cccc(NC(=O)[C@H](C)OC(=O)c2ccc(C)cc2O)c1. The molecule has 2 rings (SSSR count). The lowest BCUT2D eigenvalue weighted by Gasteiger charge is -2.14. The third-order valence-electron chi connectivity index (χ3n) is 3.31. The number of aryl methyl sites for hydroxylation is 2. The monoisotopic (exact) mass is 313 g/mol. The number of ether oxygens (including phenoxy) is 1. The first-order valence-electron chi connectivity index (χ1n) is 7.25. The average Bonchev–Trinajstić information content (AvgIpc) is 2.46. The Kier molecular flexibility index (Phi) is 5.01. The molecule has 0 spiro atoms. The molecule has 1 amide bonds. The van der Waals surface area contributed by atoms with Gasteiger partial charge in [-0.1, -0.05) is 18.2 Å². The summed E-state index contributed by atoms with van der Waals surface area (Å²) < 4.78 is 5.11. The van der Waals surface area contributed by atoms with E-state index in [9.17, 15) is 14.7 Å². The molecule has 0 heterocycles. The van der Waals surface area contributed by atoms with Gasteiger partial charge in [0.25, 0.3) is 5.91 Å². The summed E-state index contributed by atoms with van der Waals surface area (Å²) >= 11 is 0. The summed E-state index contributed by atoms with van der Waals surface area (Å²) in [6.07, 6.45) is -0.983. The molecule has 0 fully saturated rings. The van der Waals surface area contributed by atoms with Crippen LogP contribution in [0.4, 0.5) is 5.69 Å². The van der Waals surface area contributed by atoms with Crippen molar-refractivity contribution >= 4 is 17.6 Å². The Labute approximate surface area is 134 Å². The number of anilines is 1. The van der Waals surface area contributed by atoms with Gasteiger partial charge in [-0.3, -0.25) is 4.79 Å². The molecule has 0 bridgehead atoms. The van der Waals surface area contributed by atoms with Crippen LogP contribution in [-0.4, -0.2) is 23.1 Å². The van der Waals surface area contributed by atoms with Gasteiger partial charge in [-0.25, -0.2) is 4.79 Å². The molecule has 0 radical (unpaired) electrons. The Balaban J connectivity index is 2.01. The van der Waals surface area contributed by atoms with Gasteiger partial charge in [0.05, 0.1) is 0 Å². The van der Waals surface area contributed by atoms with Crippen LogP contribution in [0.2, 0.25) is 0 Å². The molecule has 2 aromatic rings. The summed E-state index contributed by atoms with van der Waals surface area (Å²) in [5.74, 6) is -1.34. The first kappa shape index (κ1) is 16.5. The number of esters is 1. The van der Waals surface area contributed by atoms with Gasteiger partial charge in [-0.2, -0.15) is 0 Å². The van der Waals surface area contributed by atoms with E-state index in [1.165, 1.54) is 19.1 Å². The van der Waals surface area contributed by atoms with Gasteiger partial charge in [0, 0.05) is 5.69 Å². The van der Waals surface area contributed by atoms with Crippen LogP contribution in [0.25, 0.3) is 0 Å². The maximum atomic E-state index is 12.1. The quantitative estimate of drug-likeness (QED) is 0.850. The molecule has 2 N–H and O–H groups in total. The smallest absolute Gasteiger partial charge is 0.342 e. The number of aromatic hydroxyl groups is 1. The van der Waals surface area contributed by atoms with E-state index >= 15 is 0 Å². The number of benzene rings is 2. The molecular weight excluding hydrogens is 294 g/mol. The van der Waals surface area contributed by atoms with E-state index in [-0.39, 0.29) is 11.3 Å². The second kappa shape index (κ2) is 6.96. The van der Waals surface area contributed by atoms with Crippen molar-refractivity contribution < 1.29 is 19.4 Å². The standard InChI is InChI=1S/C18H19NO4/c1-11-5-4-6-14(9-11)19-17(21)13(3)23-18(22)15-8-7-12(2)10-16(15)20/h4-10,13,20H,1-3H3,(H,19,21)/t13-/m0/s1. The first-order chi connectivity index (χ1) is 10.9. The van der Waals surface area contributed by atoms with Crippen LogP contribution >= 0.6 is 0 Å². The van der Waals surface area contributed by atoms with Crippen molar-refractivity contribution in [3.63, 3.8) is 0 Å². The van der Waals surface area contributed by atoms with Gasteiger partial charge < -0.3 is 15.2 Å². The summed E-state index contributed by atoms with van der Waals surface area (Å²) in [6, 6.07) is 11.9. The summed E-state index contributed by atoms with van der Waals surface area (Å²) in [5, 5.41) is 12.5. The van der Waals surface area contributed by atoms with Crippen LogP contribution in [0.5, 0.6) is 5.75 Å². The number of carbonyl (C=O) groups is 2. The average molecular weight is 313 g/mol. The van der Waals surface area contributed by atoms with Crippen molar-refractivity contribution in [3.8, 4) is 5.75 Å². The van der Waals surface area contributed by atoms with Crippen LogP contribution in [0.3, 0.4) is 0 Å². The van der Waals surface area contributed by atoms with E-state index in [1.807, 2.05) is 25.1 Å². The van der Waals surface area contributed by atoms with Crippen LogP contribution in [-0.2, 0) is 9.53 Å². The van der Waals surface area contributed by atoms with Crippen molar-refractivity contribution in [2.45, 2.75) is 26.9 Å². The van der Waals surface area contributed by atoms with E-state index in [0.29, 0.717) is 5.69 Å². The molecule has 0 aliphatic rings. The molecule has 0 unspecified atom stereocenters. The molecular formula is C18H19NO4. The Morgan fingerprint density at radius 3 is 2.43 bits per heavy atom. The number of hydrogen-bond acceptors (Lipinski definition) is 4. The molecule has 0 aliphatic carbocycles. The second-order valence-corrected chi connectivity index (χ2v) is 5.43. The Morgan fingerprint density at radius 1 is 1.09 bits per heavy atom. The minimum atomic E-state index is -0.983. The number of phenolic OH excluding ortho intramolecular Hbond substituents is 1. The number of nitrogens with one attached hydrogen (secondary N) is 1. The normalized spacial score (nSPS) is 11.6. The number of hydrogen-bond donors (Lipinski definition) is 2. The molecule has 5 heteroatoms. The third kappa shape index (κ3) is 4.32. The van der Waals surface area contributed by atoms with Crippen molar-refractivity contribution in [1.29, 1.82) is 0 Å². The summed E-state index contributed by atoms with van der Waals surface area (Å²) in [5.41, 5.74) is 2.50. The van der Waals surface area contributed by atoms with Crippen molar-refractivity contribution in [1.82, 2.24) is 0 Å². The molecule has 23 heavy (non-hydrogen) atoms. The zero-order valence-electron chi connectivity index (χ0n) is 13.3. The Hall–Kier alpha value is -2.82. The fourth-order valence-electron chi connectivity index (χ4n) is 2.06. The number of phenols is 1. The summed E-state index contributed by atoms with van der Waals surface area (Å²) in [7, 11) is 0. The van der Waals surface area contributed by atoms with E-state index in [0.717, 1.165) is 11.1 Å². The highest BCUT2D eigenvalue weighted by Gasteiger charge is 2.21. The van der Waals surface area contributed by atoms with Crippen LogP contribution in [0.1, 0.15) is 28.4 Å². The fourth-order valence-corrected chi connectivity index (χ4v) is 2.06. The third-order valence-corrected chi connectivity index (χ3v) is 3.31. The first-order valence-corrected chi connectivity index (χ1v) is 7.25. The van der Waals surface area contributed by atoms with Gasteiger partial charge >= 0.3 is 5.97 Å². The number of rotatable bonds is 4. The molecule has 0 aromatic heterocycles. The molecule has 1 atom stereocenters. The summed E-state index contributed by atoms with van der Waals surface area (Å²) in [4.78, 5) is 24.1. The highest BCUT2D eigenvalue weighted by molar-refractivity contribution is 5.98. The van der Waals surface area contributed by atoms with E-state index in [2.05, 4.69) is 5.32 Å². The maximum Gasteiger partial charge on any atom is 0.342 e. The zero-order valence-corrected chi connectivity index (χ0v) is 13.3. The Morgan fingerprint density at radius 2 is 1.78 bits per heavy atom. The fraction of sp³-hybridized carbons (Fsp3) is 0.222. The minimum absolute atomic E-state index is 0.0332. The highest BCUT2D eigenvalue weighted by atomic mass is 16.5. The lowest BCUT2D eigenvalue weighted by Crippen LogP contribution is -2.30. The molecule has 0 aliphatic heterocycles. The van der Waals surface area contributed by atoms with Gasteiger partial charge in [0.15, 0.2) is 6.10 Å². The lowest BCUT2D eigenvalue weighted by molar-refractivity contribution is -0.123. The lowest BCUT2D eigenvalue weighted by atomic mass is 10.1. The Bertz CT molecular complexity index is 740. The number of carbonyl (C=O) groups excluding carboxylic acids is 2. The van der Waals surface area contributed by atoms with E-state index in [1.54, 1.807) is 19.1 Å². The van der Waals surface area contributed by atoms with Crippen LogP contribution in [0.15, 0.2) is 42.5 Å². The van der Waals surface area contributed by atoms with E-state index < -0.39 is 18.0 Å². The van der Waals surface area contributed by atoms with E-state index in [4.69, 9.17) is 4.74 Å². The number of amides is 1.